The summed E-state index contributed by atoms with van der Waals surface area (Å²) in [7, 11) is 0. The first-order valence-electron chi connectivity index (χ1n) is 12.5. The summed E-state index contributed by atoms with van der Waals surface area (Å²) in [4.78, 5) is 38.0. The van der Waals surface area contributed by atoms with Crippen molar-refractivity contribution >= 4 is 51.2 Å². The highest BCUT2D eigenvalue weighted by Gasteiger charge is 2.18. The Hall–Kier alpha value is -5.35. The highest BCUT2D eigenvalue weighted by molar-refractivity contribution is 9.10. The number of nitrogens with zero attached hydrogens (tertiary/aromatic N) is 3. The zero-order valence-corrected chi connectivity index (χ0v) is 23.1. The molecule has 0 fully saturated rings. The Balaban J connectivity index is 1.30. The van der Waals surface area contributed by atoms with Gasteiger partial charge in [0.05, 0.1) is 23.2 Å². The van der Waals surface area contributed by atoms with E-state index in [1.165, 1.54) is 12.3 Å². The number of carbonyl (C=O) groups is 3. The fourth-order valence-corrected chi connectivity index (χ4v) is 4.19. The SMILES string of the molecule is O=C(NN=Cc1cn(-c2ccccc2)nc1-c1ccc(Br)cc1)C(=O)Nc1ccccc1C(=O)Nc1ccccc1. The van der Waals surface area contributed by atoms with E-state index in [1.54, 1.807) is 53.3 Å². The first-order valence-corrected chi connectivity index (χ1v) is 13.3. The molecule has 3 amide bonds. The molecule has 0 aliphatic heterocycles. The lowest BCUT2D eigenvalue weighted by Crippen LogP contribution is -2.33. The van der Waals surface area contributed by atoms with Gasteiger partial charge >= 0.3 is 11.8 Å². The maximum absolute atomic E-state index is 12.8. The van der Waals surface area contributed by atoms with Crippen molar-refractivity contribution in [2.24, 2.45) is 5.10 Å². The van der Waals surface area contributed by atoms with Crippen molar-refractivity contribution in [2.45, 2.75) is 0 Å². The fourth-order valence-electron chi connectivity index (χ4n) is 3.93. The molecule has 1 heterocycles. The van der Waals surface area contributed by atoms with Gasteiger partial charge in [-0.3, -0.25) is 14.4 Å². The van der Waals surface area contributed by atoms with Crippen molar-refractivity contribution in [3.8, 4) is 16.9 Å². The molecule has 0 spiro atoms. The van der Waals surface area contributed by atoms with Gasteiger partial charge in [-0.25, -0.2) is 10.1 Å². The molecule has 202 valence electrons. The van der Waals surface area contributed by atoms with Gasteiger partial charge in [0.2, 0.25) is 0 Å². The van der Waals surface area contributed by atoms with E-state index >= 15 is 0 Å². The summed E-state index contributed by atoms with van der Waals surface area (Å²) in [5.74, 6) is -2.41. The zero-order valence-electron chi connectivity index (χ0n) is 21.5. The molecule has 0 bridgehead atoms. The minimum atomic E-state index is -1.000. The molecule has 1 aromatic heterocycles. The molecular weight excluding hydrogens is 584 g/mol. The van der Waals surface area contributed by atoms with Gasteiger partial charge in [0.15, 0.2) is 0 Å². The van der Waals surface area contributed by atoms with Crippen molar-refractivity contribution in [3.63, 3.8) is 0 Å². The zero-order chi connectivity index (χ0) is 28.6. The molecule has 5 rings (SSSR count). The Morgan fingerprint density at radius 2 is 1.41 bits per heavy atom. The minimum Gasteiger partial charge on any atom is -0.322 e. The number of hydrogen-bond acceptors (Lipinski definition) is 5. The van der Waals surface area contributed by atoms with E-state index in [9.17, 15) is 14.4 Å². The number of aromatic nitrogens is 2. The van der Waals surface area contributed by atoms with Gasteiger partial charge < -0.3 is 10.6 Å². The van der Waals surface area contributed by atoms with Gasteiger partial charge in [-0.1, -0.05) is 76.6 Å². The second-order valence-electron chi connectivity index (χ2n) is 8.74. The van der Waals surface area contributed by atoms with E-state index < -0.39 is 17.7 Å². The monoisotopic (exact) mass is 606 g/mol. The molecule has 10 heteroatoms. The lowest BCUT2D eigenvalue weighted by atomic mass is 10.1. The highest BCUT2D eigenvalue weighted by atomic mass is 79.9. The molecule has 9 nitrogen and oxygen atoms in total. The third kappa shape index (κ3) is 6.81. The fraction of sp³-hybridized carbons (Fsp3) is 0. The molecule has 5 aromatic rings. The van der Waals surface area contributed by atoms with Crippen LogP contribution in [-0.4, -0.2) is 33.7 Å². The Labute approximate surface area is 244 Å². The Morgan fingerprint density at radius 1 is 0.756 bits per heavy atom. The first kappa shape index (κ1) is 27.2. The molecule has 0 aliphatic carbocycles. The number of amides is 3. The van der Waals surface area contributed by atoms with Crippen molar-refractivity contribution in [2.75, 3.05) is 10.6 Å². The number of anilines is 2. The summed E-state index contributed by atoms with van der Waals surface area (Å²) in [5, 5.41) is 14.0. The number of hydrogen-bond donors (Lipinski definition) is 3. The van der Waals surface area contributed by atoms with E-state index in [1.807, 2.05) is 60.7 Å². The van der Waals surface area contributed by atoms with Crippen LogP contribution in [0, 0.1) is 0 Å². The summed E-state index contributed by atoms with van der Waals surface area (Å²) < 4.78 is 2.64. The number of halogens is 1. The third-order valence-corrected chi connectivity index (χ3v) is 6.44. The van der Waals surface area contributed by atoms with Crippen molar-refractivity contribution < 1.29 is 14.4 Å². The summed E-state index contributed by atoms with van der Waals surface area (Å²) in [6.07, 6.45) is 3.21. The van der Waals surface area contributed by atoms with Crippen LogP contribution in [0.4, 0.5) is 11.4 Å². The third-order valence-electron chi connectivity index (χ3n) is 5.91. The van der Waals surface area contributed by atoms with Gasteiger partial charge in [-0.05, 0) is 48.5 Å². The van der Waals surface area contributed by atoms with E-state index in [-0.39, 0.29) is 11.3 Å². The smallest absolute Gasteiger partial charge is 0.322 e. The molecule has 0 saturated carbocycles. The molecule has 0 unspecified atom stereocenters. The van der Waals surface area contributed by atoms with Gasteiger partial charge in [0, 0.05) is 27.5 Å². The summed E-state index contributed by atoms with van der Waals surface area (Å²) in [6.45, 7) is 0. The molecule has 0 saturated heterocycles. The molecule has 41 heavy (non-hydrogen) atoms. The van der Waals surface area contributed by atoms with E-state index in [2.05, 4.69) is 37.1 Å². The molecular formula is C31H23BrN6O3. The van der Waals surface area contributed by atoms with Crippen LogP contribution in [-0.2, 0) is 9.59 Å². The van der Waals surface area contributed by atoms with Gasteiger partial charge in [0.1, 0.15) is 5.69 Å². The quantitative estimate of drug-likeness (QED) is 0.126. The van der Waals surface area contributed by atoms with Crippen LogP contribution in [0.5, 0.6) is 0 Å². The predicted molar refractivity (Wildman–Crippen MR) is 162 cm³/mol. The predicted octanol–water partition coefficient (Wildman–Crippen LogP) is 5.64. The van der Waals surface area contributed by atoms with E-state index in [4.69, 9.17) is 5.10 Å². The first-order chi connectivity index (χ1) is 20.0. The van der Waals surface area contributed by atoms with Crippen LogP contribution < -0.4 is 16.1 Å². The van der Waals surface area contributed by atoms with Gasteiger partial charge in [0.25, 0.3) is 5.91 Å². The van der Waals surface area contributed by atoms with Crippen molar-refractivity contribution in [1.29, 1.82) is 0 Å². The average molecular weight is 607 g/mol. The van der Waals surface area contributed by atoms with E-state index in [0.717, 1.165) is 15.7 Å². The van der Waals surface area contributed by atoms with Crippen LogP contribution >= 0.6 is 15.9 Å². The lowest BCUT2D eigenvalue weighted by molar-refractivity contribution is -0.136. The Morgan fingerprint density at radius 3 is 2.15 bits per heavy atom. The highest BCUT2D eigenvalue weighted by Crippen LogP contribution is 2.24. The van der Waals surface area contributed by atoms with E-state index in [0.29, 0.717) is 16.9 Å². The van der Waals surface area contributed by atoms with Crippen LogP contribution in [0.1, 0.15) is 15.9 Å². The van der Waals surface area contributed by atoms with Crippen LogP contribution in [0.2, 0.25) is 0 Å². The Bertz CT molecular complexity index is 1720. The van der Waals surface area contributed by atoms with Gasteiger partial charge in [-0.15, -0.1) is 0 Å². The van der Waals surface area contributed by atoms with Crippen LogP contribution in [0.15, 0.2) is 125 Å². The molecule has 0 aliphatic rings. The summed E-state index contributed by atoms with van der Waals surface area (Å²) in [5.41, 5.74) is 6.20. The molecule has 0 atom stereocenters. The normalized spacial score (nSPS) is 10.8. The summed E-state index contributed by atoms with van der Waals surface area (Å²) in [6, 6.07) is 32.5. The molecule has 0 radical (unpaired) electrons. The second-order valence-corrected chi connectivity index (χ2v) is 9.65. The largest absolute Gasteiger partial charge is 0.329 e. The van der Waals surface area contributed by atoms with Crippen LogP contribution in [0.3, 0.4) is 0 Å². The number of benzene rings is 4. The number of rotatable bonds is 7. The standard InChI is InChI=1S/C31H23BrN6O3/c32-23-17-15-21(16-18-23)28-22(20-38(37-28)25-11-5-2-6-12-25)19-33-36-31(41)30(40)35-27-14-8-7-13-26(27)29(39)34-24-9-3-1-4-10-24/h1-20H,(H,34,39)(H,35,40)(H,36,41). The Kier molecular flexibility index (Phi) is 8.41. The molecule has 3 N–H and O–H groups in total. The van der Waals surface area contributed by atoms with Crippen LogP contribution in [0.25, 0.3) is 16.9 Å². The topological polar surface area (TPSA) is 117 Å². The molecule has 4 aromatic carbocycles. The number of nitrogens with one attached hydrogen (secondary N) is 3. The number of hydrazone groups is 1. The second kappa shape index (κ2) is 12.7. The summed E-state index contributed by atoms with van der Waals surface area (Å²) >= 11 is 3.44. The lowest BCUT2D eigenvalue weighted by Gasteiger charge is -2.11. The van der Waals surface area contributed by atoms with Crippen molar-refractivity contribution in [3.05, 3.63) is 131 Å². The van der Waals surface area contributed by atoms with Gasteiger partial charge in [-0.2, -0.15) is 10.2 Å². The maximum atomic E-state index is 12.8. The number of para-hydroxylation sites is 3. The minimum absolute atomic E-state index is 0.187. The maximum Gasteiger partial charge on any atom is 0.329 e. The number of carbonyl (C=O) groups excluding carboxylic acids is 3. The average Bonchev–Trinajstić information content (AvgIpc) is 3.43. The van der Waals surface area contributed by atoms with Crippen molar-refractivity contribution in [1.82, 2.24) is 15.2 Å².